The van der Waals surface area contributed by atoms with Crippen LogP contribution in [0.4, 0.5) is 18.9 Å². The Morgan fingerprint density at radius 2 is 1.94 bits per heavy atom. The van der Waals surface area contributed by atoms with Crippen molar-refractivity contribution in [2.45, 2.75) is 26.1 Å². The van der Waals surface area contributed by atoms with Gasteiger partial charge < -0.3 is 9.42 Å². The number of carbonyl (C=O) groups is 1. The molecule has 1 aliphatic rings. The first-order valence-electron chi connectivity index (χ1n) is 10.2. The van der Waals surface area contributed by atoms with Gasteiger partial charge in [0, 0.05) is 24.5 Å². The van der Waals surface area contributed by atoms with E-state index in [1.807, 2.05) is 13.0 Å². The molecule has 5 rings (SSSR count). The predicted molar refractivity (Wildman–Crippen MR) is 114 cm³/mol. The number of fused-ring (bicyclic) bond motifs is 1. The lowest BCUT2D eigenvalue weighted by atomic mass is 10.0. The Labute approximate surface area is 186 Å². The summed E-state index contributed by atoms with van der Waals surface area (Å²) in [5.41, 5.74) is 1.59. The van der Waals surface area contributed by atoms with Crippen molar-refractivity contribution in [3.63, 3.8) is 0 Å². The molecule has 0 unspecified atom stereocenters. The number of aromatic nitrogens is 4. The number of nitrogens with zero attached hydrogens (tertiary/aromatic N) is 5. The molecule has 168 valence electrons. The standard InChI is InChI=1S/C23H18F3N5O2/c1-13-9-15(6-7-17(13)23(24,25)26)30-12-14(2)31-21(22(30)32)16(11-28-31)20-10-19(29-33-20)18-5-3-4-8-27-18/h3-11,14H,12H2,1-2H3/t14-/m0/s1. The van der Waals surface area contributed by atoms with Crippen molar-refractivity contribution in [2.24, 2.45) is 0 Å². The molecule has 33 heavy (non-hydrogen) atoms. The van der Waals surface area contributed by atoms with Crippen LogP contribution in [0.3, 0.4) is 0 Å². The Morgan fingerprint density at radius 3 is 2.64 bits per heavy atom. The summed E-state index contributed by atoms with van der Waals surface area (Å²) in [5.74, 6) is -0.0292. The van der Waals surface area contributed by atoms with E-state index < -0.39 is 11.7 Å². The van der Waals surface area contributed by atoms with Gasteiger partial charge in [0.15, 0.2) is 5.76 Å². The fourth-order valence-corrected chi connectivity index (χ4v) is 4.04. The Kier molecular flexibility index (Phi) is 4.80. The fourth-order valence-electron chi connectivity index (χ4n) is 4.04. The monoisotopic (exact) mass is 453 g/mol. The summed E-state index contributed by atoms with van der Waals surface area (Å²) in [6, 6.07) is 10.6. The van der Waals surface area contributed by atoms with Crippen molar-refractivity contribution in [1.82, 2.24) is 19.9 Å². The molecule has 1 aromatic carbocycles. The molecule has 1 aliphatic heterocycles. The number of hydrogen-bond donors (Lipinski definition) is 0. The Morgan fingerprint density at radius 1 is 1.12 bits per heavy atom. The van der Waals surface area contributed by atoms with Crippen LogP contribution in [-0.4, -0.2) is 32.4 Å². The molecule has 1 amide bonds. The zero-order valence-electron chi connectivity index (χ0n) is 17.7. The second-order valence-corrected chi connectivity index (χ2v) is 7.90. The van der Waals surface area contributed by atoms with Crippen molar-refractivity contribution in [1.29, 1.82) is 0 Å². The summed E-state index contributed by atoms with van der Waals surface area (Å²) in [6.07, 6.45) is -1.28. The van der Waals surface area contributed by atoms with Gasteiger partial charge in [0.25, 0.3) is 5.91 Å². The van der Waals surface area contributed by atoms with Crippen molar-refractivity contribution in [3.8, 4) is 22.7 Å². The van der Waals surface area contributed by atoms with Gasteiger partial charge in [0.2, 0.25) is 0 Å². The number of pyridine rings is 1. The Bertz CT molecular complexity index is 1340. The second kappa shape index (κ2) is 7.58. The third-order valence-electron chi connectivity index (χ3n) is 5.64. The van der Waals surface area contributed by atoms with Gasteiger partial charge in [-0.2, -0.15) is 18.3 Å². The number of halogens is 3. The number of amides is 1. The van der Waals surface area contributed by atoms with Gasteiger partial charge in [-0.3, -0.25) is 14.5 Å². The van der Waals surface area contributed by atoms with Gasteiger partial charge in [-0.05, 0) is 49.7 Å². The normalized spacial score (nSPS) is 16.2. The van der Waals surface area contributed by atoms with Crippen LogP contribution >= 0.6 is 0 Å². The highest BCUT2D eigenvalue weighted by Crippen LogP contribution is 2.37. The topological polar surface area (TPSA) is 77.1 Å². The summed E-state index contributed by atoms with van der Waals surface area (Å²) in [7, 11) is 0. The molecule has 4 aromatic rings. The van der Waals surface area contributed by atoms with Gasteiger partial charge in [-0.25, -0.2) is 0 Å². The highest BCUT2D eigenvalue weighted by atomic mass is 19.4. The van der Waals surface area contributed by atoms with E-state index in [1.54, 1.807) is 29.1 Å². The van der Waals surface area contributed by atoms with E-state index in [9.17, 15) is 18.0 Å². The highest BCUT2D eigenvalue weighted by Gasteiger charge is 2.36. The minimum absolute atomic E-state index is 0.0509. The first-order chi connectivity index (χ1) is 15.7. The predicted octanol–water partition coefficient (Wildman–Crippen LogP) is 5.15. The fraction of sp³-hybridized carbons (Fsp3) is 0.217. The van der Waals surface area contributed by atoms with E-state index >= 15 is 0 Å². The van der Waals surface area contributed by atoms with Crippen LogP contribution in [-0.2, 0) is 6.18 Å². The van der Waals surface area contributed by atoms with E-state index in [0.717, 1.165) is 6.07 Å². The van der Waals surface area contributed by atoms with Gasteiger partial charge in [-0.15, -0.1) is 0 Å². The number of hydrogen-bond acceptors (Lipinski definition) is 5. The summed E-state index contributed by atoms with van der Waals surface area (Å²) in [4.78, 5) is 19.2. The number of aryl methyl sites for hydroxylation is 1. The Hall–Kier alpha value is -3.95. The molecular weight excluding hydrogens is 435 g/mol. The minimum atomic E-state index is -4.45. The molecule has 7 nitrogen and oxygen atoms in total. The highest BCUT2D eigenvalue weighted by molar-refractivity contribution is 6.09. The molecule has 0 fully saturated rings. The quantitative estimate of drug-likeness (QED) is 0.429. The lowest BCUT2D eigenvalue weighted by Crippen LogP contribution is -2.42. The summed E-state index contributed by atoms with van der Waals surface area (Å²) < 4.78 is 46.6. The zero-order chi connectivity index (χ0) is 23.3. The minimum Gasteiger partial charge on any atom is -0.355 e. The number of carbonyl (C=O) groups excluding carboxylic acids is 1. The van der Waals surface area contributed by atoms with E-state index in [-0.39, 0.29) is 29.8 Å². The molecular formula is C23H18F3N5O2. The van der Waals surface area contributed by atoms with E-state index in [4.69, 9.17) is 4.52 Å². The van der Waals surface area contributed by atoms with Crippen LogP contribution in [0.2, 0.25) is 0 Å². The first kappa shape index (κ1) is 20.9. The molecule has 10 heteroatoms. The van der Waals surface area contributed by atoms with Crippen molar-refractivity contribution >= 4 is 11.6 Å². The number of benzene rings is 1. The Balaban J connectivity index is 1.53. The van der Waals surface area contributed by atoms with Crippen molar-refractivity contribution < 1.29 is 22.5 Å². The van der Waals surface area contributed by atoms with Gasteiger partial charge in [0.05, 0.1) is 29.1 Å². The van der Waals surface area contributed by atoms with Crippen LogP contribution in [0.1, 0.15) is 34.6 Å². The molecule has 0 saturated carbocycles. The molecule has 0 aliphatic carbocycles. The average Bonchev–Trinajstić information content (AvgIpc) is 3.43. The molecule has 4 heterocycles. The van der Waals surface area contributed by atoms with Crippen molar-refractivity contribution in [2.75, 3.05) is 11.4 Å². The number of anilines is 1. The largest absolute Gasteiger partial charge is 0.416 e. The van der Waals surface area contributed by atoms with Crippen molar-refractivity contribution in [3.05, 3.63) is 71.7 Å². The molecule has 0 saturated heterocycles. The van der Waals surface area contributed by atoms with Gasteiger partial charge >= 0.3 is 6.18 Å². The molecule has 0 spiro atoms. The molecule has 1 atom stereocenters. The third-order valence-corrected chi connectivity index (χ3v) is 5.64. The molecule has 0 N–H and O–H groups in total. The first-order valence-corrected chi connectivity index (χ1v) is 10.2. The summed E-state index contributed by atoms with van der Waals surface area (Å²) in [6.45, 7) is 3.54. The van der Waals surface area contributed by atoms with Crippen LogP contribution in [0.5, 0.6) is 0 Å². The lowest BCUT2D eigenvalue weighted by Gasteiger charge is -2.32. The van der Waals surface area contributed by atoms with Gasteiger partial charge in [0.1, 0.15) is 11.4 Å². The maximum absolute atomic E-state index is 13.5. The maximum atomic E-state index is 13.5. The van der Waals surface area contributed by atoms with Crippen LogP contribution in [0.25, 0.3) is 22.7 Å². The van der Waals surface area contributed by atoms with Gasteiger partial charge in [-0.1, -0.05) is 11.2 Å². The molecule has 0 radical (unpaired) electrons. The van der Waals surface area contributed by atoms with E-state index in [2.05, 4.69) is 15.2 Å². The number of alkyl halides is 3. The second-order valence-electron chi connectivity index (χ2n) is 7.90. The zero-order valence-corrected chi connectivity index (χ0v) is 17.7. The summed E-state index contributed by atoms with van der Waals surface area (Å²) in [5, 5.41) is 8.41. The average molecular weight is 453 g/mol. The van der Waals surface area contributed by atoms with Crippen LogP contribution in [0.15, 0.2) is 59.4 Å². The molecule has 0 bridgehead atoms. The van der Waals surface area contributed by atoms with Crippen LogP contribution < -0.4 is 4.90 Å². The molecule has 3 aromatic heterocycles. The third kappa shape index (κ3) is 3.57. The lowest BCUT2D eigenvalue weighted by molar-refractivity contribution is -0.138. The number of rotatable bonds is 3. The van der Waals surface area contributed by atoms with Crippen LogP contribution in [0, 0.1) is 6.92 Å². The summed E-state index contributed by atoms with van der Waals surface area (Å²) >= 11 is 0. The smallest absolute Gasteiger partial charge is 0.355 e. The van der Waals surface area contributed by atoms with E-state index in [0.29, 0.717) is 28.4 Å². The maximum Gasteiger partial charge on any atom is 0.416 e. The SMILES string of the molecule is Cc1cc(N2C[C@H](C)n3ncc(-c4cc(-c5ccccn5)no4)c3C2=O)ccc1C(F)(F)F. The van der Waals surface area contributed by atoms with E-state index in [1.165, 1.54) is 30.2 Å².